The van der Waals surface area contributed by atoms with E-state index in [4.69, 9.17) is 6.42 Å². The third kappa shape index (κ3) is 4.51. The van der Waals surface area contributed by atoms with Crippen LogP contribution in [0.15, 0.2) is 24.3 Å². The van der Waals surface area contributed by atoms with E-state index in [1.54, 1.807) is 0 Å². The topological polar surface area (TPSA) is 44.4 Å². The van der Waals surface area contributed by atoms with Gasteiger partial charge in [-0.3, -0.25) is 4.79 Å². The molecule has 1 rings (SSSR count). The predicted octanol–water partition coefficient (Wildman–Crippen LogP) is 2.08. The van der Waals surface area contributed by atoms with Crippen LogP contribution in [0.1, 0.15) is 20.8 Å². The van der Waals surface area contributed by atoms with E-state index in [0.717, 1.165) is 18.8 Å². The minimum Gasteiger partial charge on any atom is -0.374 e. The van der Waals surface area contributed by atoms with Gasteiger partial charge in [0.15, 0.2) is 0 Å². The Balaban J connectivity index is 2.61. The molecule has 1 aromatic rings. The molecule has 0 aliphatic heterocycles. The van der Waals surface area contributed by atoms with Crippen molar-refractivity contribution in [1.29, 1.82) is 0 Å². The van der Waals surface area contributed by atoms with Gasteiger partial charge in [-0.15, -0.1) is 6.42 Å². The quantitative estimate of drug-likeness (QED) is 0.748. The Kier molecular flexibility index (Phi) is 6.45. The summed E-state index contributed by atoms with van der Waals surface area (Å²) >= 11 is 0. The van der Waals surface area contributed by atoms with E-state index < -0.39 is 0 Å². The van der Waals surface area contributed by atoms with Crippen LogP contribution in [0, 0.1) is 12.3 Å². The summed E-state index contributed by atoms with van der Waals surface area (Å²) in [6, 6.07) is 7.77. The van der Waals surface area contributed by atoms with Crippen molar-refractivity contribution in [3.63, 3.8) is 0 Å². The van der Waals surface area contributed by atoms with Gasteiger partial charge in [-0.25, -0.2) is 0 Å². The Morgan fingerprint density at radius 1 is 1.30 bits per heavy atom. The zero-order valence-electron chi connectivity index (χ0n) is 12.4. The fourth-order valence-corrected chi connectivity index (χ4v) is 1.96. The second-order valence-electron chi connectivity index (χ2n) is 4.51. The Hall–Kier alpha value is -2.15. The molecule has 4 nitrogen and oxygen atoms in total. The summed E-state index contributed by atoms with van der Waals surface area (Å²) in [5.41, 5.74) is 2.11. The Morgan fingerprint density at radius 3 is 2.40 bits per heavy atom. The zero-order chi connectivity index (χ0) is 15.0. The lowest BCUT2D eigenvalue weighted by Crippen LogP contribution is -2.37. The summed E-state index contributed by atoms with van der Waals surface area (Å²) in [7, 11) is 0. The third-order valence-corrected chi connectivity index (χ3v) is 3.14. The number of rotatable bonds is 7. The first-order valence-corrected chi connectivity index (χ1v) is 6.95. The van der Waals surface area contributed by atoms with Crippen molar-refractivity contribution in [2.75, 3.05) is 29.9 Å². The standard InChI is InChI=1S/C16H23N3O/c1-5-12-17-16(20)13(4)18-14-8-10-15(11-9-14)19(6-2)7-3/h1,8-11,13,18H,6-7,12H2,2-4H3,(H,17,20). The normalized spacial score (nSPS) is 11.3. The van der Waals surface area contributed by atoms with Crippen LogP contribution >= 0.6 is 0 Å². The summed E-state index contributed by atoms with van der Waals surface area (Å²) in [5.74, 6) is 2.28. The number of hydrogen-bond acceptors (Lipinski definition) is 3. The molecule has 0 spiro atoms. The molecule has 0 bridgehead atoms. The molecule has 0 aliphatic carbocycles. The van der Waals surface area contributed by atoms with Crippen LogP contribution in [0.4, 0.5) is 11.4 Å². The minimum atomic E-state index is -0.317. The molecular weight excluding hydrogens is 250 g/mol. The Morgan fingerprint density at radius 2 is 1.90 bits per heavy atom. The largest absolute Gasteiger partial charge is 0.374 e. The Bertz CT molecular complexity index is 458. The van der Waals surface area contributed by atoms with E-state index in [-0.39, 0.29) is 18.5 Å². The molecular formula is C16H23N3O. The lowest BCUT2D eigenvalue weighted by molar-refractivity contribution is -0.121. The number of carbonyl (C=O) groups is 1. The minimum absolute atomic E-state index is 0.101. The molecule has 0 radical (unpaired) electrons. The number of nitrogens with one attached hydrogen (secondary N) is 2. The van der Waals surface area contributed by atoms with Gasteiger partial charge in [0, 0.05) is 24.5 Å². The van der Waals surface area contributed by atoms with Crippen LogP contribution in [0.5, 0.6) is 0 Å². The first-order valence-electron chi connectivity index (χ1n) is 6.95. The summed E-state index contributed by atoms with van der Waals surface area (Å²) in [5, 5.41) is 5.81. The summed E-state index contributed by atoms with van der Waals surface area (Å²) in [6.07, 6.45) is 5.11. The number of nitrogens with zero attached hydrogens (tertiary/aromatic N) is 1. The maximum Gasteiger partial charge on any atom is 0.242 e. The average Bonchev–Trinajstić information content (AvgIpc) is 2.47. The van der Waals surface area contributed by atoms with Gasteiger partial charge in [-0.2, -0.15) is 0 Å². The van der Waals surface area contributed by atoms with Gasteiger partial charge in [0.2, 0.25) is 5.91 Å². The number of terminal acetylenes is 1. The van der Waals surface area contributed by atoms with Gasteiger partial charge < -0.3 is 15.5 Å². The van der Waals surface area contributed by atoms with Crippen molar-refractivity contribution < 1.29 is 4.79 Å². The molecule has 0 saturated carbocycles. The van der Waals surface area contributed by atoms with Gasteiger partial charge >= 0.3 is 0 Å². The highest BCUT2D eigenvalue weighted by Gasteiger charge is 2.11. The molecule has 1 unspecified atom stereocenters. The molecule has 0 fully saturated rings. The van der Waals surface area contributed by atoms with Gasteiger partial charge in [0.05, 0.1) is 6.54 Å². The molecule has 1 amide bonds. The lowest BCUT2D eigenvalue weighted by Gasteiger charge is -2.21. The highest BCUT2D eigenvalue weighted by atomic mass is 16.2. The van der Waals surface area contributed by atoms with Gasteiger partial charge in [-0.1, -0.05) is 5.92 Å². The number of amides is 1. The van der Waals surface area contributed by atoms with E-state index in [9.17, 15) is 4.79 Å². The highest BCUT2D eigenvalue weighted by Crippen LogP contribution is 2.18. The average molecular weight is 273 g/mol. The number of benzene rings is 1. The van der Waals surface area contributed by atoms with E-state index in [2.05, 4.69) is 47.4 Å². The Labute approximate surface area is 121 Å². The van der Waals surface area contributed by atoms with Crippen molar-refractivity contribution in [2.24, 2.45) is 0 Å². The van der Waals surface area contributed by atoms with Gasteiger partial charge in [0.25, 0.3) is 0 Å². The molecule has 4 heteroatoms. The summed E-state index contributed by atoms with van der Waals surface area (Å²) in [4.78, 5) is 14.0. The van der Waals surface area contributed by atoms with Crippen molar-refractivity contribution in [1.82, 2.24) is 5.32 Å². The van der Waals surface area contributed by atoms with Crippen molar-refractivity contribution in [3.05, 3.63) is 24.3 Å². The molecule has 1 aromatic carbocycles. The number of carbonyl (C=O) groups excluding carboxylic acids is 1. The molecule has 1 atom stereocenters. The predicted molar refractivity (Wildman–Crippen MR) is 84.9 cm³/mol. The smallest absolute Gasteiger partial charge is 0.242 e. The first kappa shape index (κ1) is 15.9. The van der Waals surface area contributed by atoms with Crippen LogP contribution in [0.25, 0.3) is 0 Å². The fraction of sp³-hybridized carbons (Fsp3) is 0.438. The van der Waals surface area contributed by atoms with Crippen LogP contribution in [-0.4, -0.2) is 31.6 Å². The third-order valence-electron chi connectivity index (χ3n) is 3.14. The zero-order valence-corrected chi connectivity index (χ0v) is 12.4. The molecule has 0 saturated heterocycles. The summed E-state index contributed by atoms with van der Waals surface area (Å²) in [6.45, 7) is 8.29. The fourth-order valence-electron chi connectivity index (χ4n) is 1.96. The van der Waals surface area contributed by atoms with Gasteiger partial charge in [-0.05, 0) is 45.0 Å². The summed E-state index contributed by atoms with van der Waals surface area (Å²) < 4.78 is 0. The molecule has 0 heterocycles. The second-order valence-corrected chi connectivity index (χ2v) is 4.51. The van der Waals surface area contributed by atoms with Crippen molar-refractivity contribution >= 4 is 17.3 Å². The van der Waals surface area contributed by atoms with E-state index >= 15 is 0 Å². The van der Waals surface area contributed by atoms with Crippen LogP contribution in [0.2, 0.25) is 0 Å². The molecule has 0 aromatic heterocycles. The SMILES string of the molecule is C#CCNC(=O)C(C)Nc1ccc(N(CC)CC)cc1. The molecule has 2 N–H and O–H groups in total. The number of hydrogen-bond donors (Lipinski definition) is 2. The van der Waals surface area contributed by atoms with E-state index in [1.165, 1.54) is 5.69 Å². The maximum absolute atomic E-state index is 11.7. The second kappa shape index (κ2) is 8.11. The lowest BCUT2D eigenvalue weighted by atomic mass is 10.2. The van der Waals surface area contributed by atoms with Crippen LogP contribution < -0.4 is 15.5 Å². The highest BCUT2D eigenvalue weighted by molar-refractivity contribution is 5.84. The van der Waals surface area contributed by atoms with E-state index in [0.29, 0.717) is 0 Å². The monoisotopic (exact) mass is 273 g/mol. The molecule has 108 valence electrons. The van der Waals surface area contributed by atoms with Gasteiger partial charge in [0.1, 0.15) is 6.04 Å². The molecule has 0 aliphatic rings. The molecule has 20 heavy (non-hydrogen) atoms. The van der Waals surface area contributed by atoms with Crippen molar-refractivity contribution in [3.8, 4) is 12.3 Å². The van der Waals surface area contributed by atoms with Crippen LogP contribution in [0.3, 0.4) is 0 Å². The first-order chi connectivity index (χ1) is 9.62. The van der Waals surface area contributed by atoms with Crippen molar-refractivity contribution in [2.45, 2.75) is 26.8 Å². The van der Waals surface area contributed by atoms with E-state index in [1.807, 2.05) is 19.1 Å². The van der Waals surface area contributed by atoms with Crippen LogP contribution in [-0.2, 0) is 4.79 Å². The maximum atomic E-state index is 11.7. The number of anilines is 2.